The first-order chi connectivity index (χ1) is 10.3. The molecule has 1 aliphatic heterocycles. The molecule has 0 aliphatic carbocycles. The van der Waals surface area contributed by atoms with E-state index in [4.69, 9.17) is 18.9 Å². The highest BCUT2D eigenvalue weighted by molar-refractivity contribution is 9.10. The summed E-state index contributed by atoms with van der Waals surface area (Å²) < 4.78 is 22.8. The van der Waals surface area contributed by atoms with Crippen LogP contribution in [-0.2, 0) is 18.0 Å². The molecule has 0 fully saturated rings. The van der Waals surface area contributed by atoms with Crippen LogP contribution in [0.4, 0.5) is 0 Å². The van der Waals surface area contributed by atoms with Crippen molar-refractivity contribution < 1.29 is 18.9 Å². The lowest BCUT2D eigenvalue weighted by Gasteiger charge is -2.12. The summed E-state index contributed by atoms with van der Waals surface area (Å²) in [5, 5.41) is 0. The maximum atomic E-state index is 5.76. The predicted molar refractivity (Wildman–Crippen MR) is 81.8 cm³/mol. The summed E-state index contributed by atoms with van der Waals surface area (Å²) in [4.78, 5) is 0. The fourth-order valence-electron chi connectivity index (χ4n) is 2.18. The Morgan fingerprint density at radius 3 is 2.71 bits per heavy atom. The van der Waals surface area contributed by atoms with E-state index >= 15 is 0 Å². The number of hydrogen-bond donors (Lipinski definition) is 0. The summed E-state index contributed by atoms with van der Waals surface area (Å²) in [5.74, 6) is 1.97. The number of ether oxygens (including phenoxy) is 4. The van der Waals surface area contributed by atoms with E-state index in [1.54, 1.807) is 7.11 Å². The molecule has 110 valence electrons. The van der Waals surface area contributed by atoms with E-state index < -0.39 is 0 Å². The van der Waals surface area contributed by atoms with Gasteiger partial charge in [-0.1, -0.05) is 30.3 Å². The van der Waals surface area contributed by atoms with Crippen molar-refractivity contribution >= 4 is 15.9 Å². The molecule has 0 unspecified atom stereocenters. The lowest BCUT2D eigenvalue weighted by Crippen LogP contribution is -1.97. The molecule has 0 radical (unpaired) electrons. The molecule has 1 heterocycles. The molecule has 0 aromatic heterocycles. The third kappa shape index (κ3) is 2.99. The lowest BCUT2D eigenvalue weighted by atomic mass is 10.2. The topological polar surface area (TPSA) is 36.9 Å². The van der Waals surface area contributed by atoms with Crippen molar-refractivity contribution in [3.63, 3.8) is 0 Å². The Balaban J connectivity index is 1.74. The fraction of sp³-hybridized carbons (Fsp3) is 0.250. The Hall–Kier alpha value is -1.72. The van der Waals surface area contributed by atoms with E-state index in [0.717, 1.165) is 15.6 Å². The minimum absolute atomic E-state index is 0.215. The van der Waals surface area contributed by atoms with Crippen LogP contribution in [0.2, 0.25) is 0 Å². The minimum atomic E-state index is 0.215. The zero-order chi connectivity index (χ0) is 14.7. The standard InChI is InChI=1S/C16H15BrO4/c1-18-16-14(17)12(7-13-15(16)21-10-20-13)9-19-8-11-5-3-2-4-6-11/h2-7H,8-10H2,1H3. The van der Waals surface area contributed by atoms with Gasteiger partial charge in [-0.25, -0.2) is 0 Å². The number of hydrogen-bond acceptors (Lipinski definition) is 4. The molecule has 2 aromatic rings. The highest BCUT2D eigenvalue weighted by Gasteiger charge is 2.24. The number of methoxy groups -OCH3 is 1. The van der Waals surface area contributed by atoms with Crippen molar-refractivity contribution in [2.24, 2.45) is 0 Å². The maximum absolute atomic E-state index is 5.76. The van der Waals surface area contributed by atoms with Gasteiger partial charge in [0.15, 0.2) is 11.5 Å². The van der Waals surface area contributed by atoms with Crippen LogP contribution < -0.4 is 14.2 Å². The van der Waals surface area contributed by atoms with Crippen LogP contribution in [-0.4, -0.2) is 13.9 Å². The third-order valence-corrected chi connectivity index (χ3v) is 4.08. The summed E-state index contributed by atoms with van der Waals surface area (Å²) in [6, 6.07) is 12.0. The molecular weight excluding hydrogens is 336 g/mol. The zero-order valence-electron chi connectivity index (χ0n) is 11.6. The Kier molecular flexibility index (Phi) is 4.31. The summed E-state index contributed by atoms with van der Waals surface area (Å²) >= 11 is 3.54. The van der Waals surface area contributed by atoms with E-state index in [1.807, 2.05) is 36.4 Å². The minimum Gasteiger partial charge on any atom is -0.492 e. The molecule has 0 N–H and O–H groups in total. The van der Waals surface area contributed by atoms with Gasteiger partial charge in [0.25, 0.3) is 0 Å². The molecule has 3 rings (SSSR count). The monoisotopic (exact) mass is 350 g/mol. The van der Waals surface area contributed by atoms with Crippen LogP contribution in [0.3, 0.4) is 0 Å². The first-order valence-corrected chi connectivity index (χ1v) is 7.35. The molecule has 1 aliphatic rings. The highest BCUT2D eigenvalue weighted by Crippen LogP contribution is 2.47. The molecule has 0 spiro atoms. The van der Waals surface area contributed by atoms with Gasteiger partial charge in [0.1, 0.15) is 0 Å². The Bertz CT molecular complexity index is 628. The second-order valence-electron chi connectivity index (χ2n) is 4.60. The van der Waals surface area contributed by atoms with Crippen LogP contribution in [0.1, 0.15) is 11.1 Å². The van der Waals surface area contributed by atoms with E-state index in [1.165, 1.54) is 0 Å². The van der Waals surface area contributed by atoms with Gasteiger partial charge in [0.2, 0.25) is 12.5 Å². The Labute approximate surface area is 131 Å². The van der Waals surface area contributed by atoms with Crippen LogP contribution >= 0.6 is 15.9 Å². The zero-order valence-corrected chi connectivity index (χ0v) is 13.2. The van der Waals surface area contributed by atoms with Crippen molar-refractivity contribution in [1.82, 2.24) is 0 Å². The van der Waals surface area contributed by atoms with Crippen molar-refractivity contribution in [1.29, 1.82) is 0 Å². The second kappa shape index (κ2) is 6.37. The van der Waals surface area contributed by atoms with Gasteiger partial charge in [0, 0.05) is 0 Å². The van der Waals surface area contributed by atoms with Crippen LogP contribution in [0.25, 0.3) is 0 Å². The van der Waals surface area contributed by atoms with Crippen LogP contribution in [0.5, 0.6) is 17.2 Å². The van der Waals surface area contributed by atoms with Gasteiger partial charge in [-0.2, -0.15) is 0 Å². The molecule has 21 heavy (non-hydrogen) atoms. The summed E-state index contributed by atoms with van der Waals surface area (Å²) in [5.41, 5.74) is 2.10. The second-order valence-corrected chi connectivity index (χ2v) is 5.39. The molecule has 0 bridgehead atoms. The van der Waals surface area contributed by atoms with E-state index in [0.29, 0.717) is 30.5 Å². The Morgan fingerprint density at radius 1 is 1.14 bits per heavy atom. The first kappa shape index (κ1) is 14.2. The predicted octanol–water partition coefficient (Wildman–Crippen LogP) is 3.90. The molecule has 0 saturated heterocycles. The van der Waals surface area contributed by atoms with Gasteiger partial charge in [-0.3, -0.25) is 0 Å². The number of benzene rings is 2. The average Bonchev–Trinajstić information content (AvgIpc) is 2.97. The number of rotatable bonds is 5. The van der Waals surface area contributed by atoms with Gasteiger partial charge >= 0.3 is 0 Å². The third-order valence-electron chi connectivity index (χ3n) is 3.21. The number of fused-ring (bicyclic) bond motifs is 1. The van der Waals surface area contributed by atoms with Crippen molar-refractivity contribution in [3.8, 4) is 17.2 Å². The summed E-state index contributed by atoms with van der Waals surface area (Å²) in [6.07, 6.45) is 0. The molecule has 0 amide bonds. The quantitative estimate of drug-likeness (QED) is 0.819. The first-order valence-electron chi connectivity index (χ1n) is 6.56. The SMILES string of the molecule is COc1c(Br)c(COCc2ccccc2)cc2c1OCO2. The molecule has 2 aromatic carbocycles. The summed E-state index contributed by atoms with van der Waals surface area (Å²) in [7, 11) is 1.61. The molecule has 4 nitrogen and oxygen atoms in total. The van der Waals surface area contributed by atoms with Crippen molar-refractivity contribution in [2.45, 2.75) is 13.2 Å². The molecular formula is C16H15BrO4. The van der Waals surface area contributed by atoms with Crippen LogP contribution in [0, 0.1) is 0 Å². The lowest BCUT2D eigenvalue weighted by molar-refractivity contribution is 0.106. The molecule has 5 heteroatoms. The van der Waals surface area contributed by atoms with Gasteiger partial charge in [-0.15, -0.1) is 0 Å². The fourth-order valence-corrected chi connectivity index (χ4v) is 2.75. The molecule has 0 atom stereocenters. The van der Waals surface area contributed by atoms with E-state index in [9.17, 15) is 0 Å². The Morgan fingerprint density at radius 2 is 1.95 bits per heavy atom. The smallest absolute Gasteiger partial charge is 0.231 e. The van der Waals surface area contributed by atoms with E-state index in [-0.39, 0.29) is 6.79 Å². The normalized spacial score (nSPS) is 12.5. The van der Waals surface area contributed by atoms with Crippen molar-refractivity contribution in [2.75, 3.05) is 13.9 Å². The highest BCUT2D eigenvalue weighted by atomic mass is 79.9. The van der Waals surface area contributed by atoms with Gasteiger partial charge in [-0.05, 0) is 33.1 Å². The van der Waals surface area contributed by atoms with Gasteiger partial charge < -0.3 is 18.9 Å². The van der Waals surface area contributed by atoms with Crippen molar-refractivity contribution in [3.05, 3.63) is 52.0 Å². The van der Waals surface area contributed by atoms with Gasteiger partial charge in [0.05, 0.1) is 24.8 Å². The molecule has 0 saturated carbocycles. The average molecular weight is 351 g/mol. The largest absolute Gasteiger partial charge is 0.492 e. The summed E-state index contributed by atoms with van der Waals surface area (Å²) in [6.45, 7) is 1.24. The number of halogens is 1. The van der Waals surface area contributed by atoms with E-state index in [2.05, 4.69) is 15.9 Å². The van der Waals surface area contributed by atoms with Crippen LogP contribution in [0.15, 0.2) is 40.9 Å². The maximum Gasteiger partial charge on any atom is 0.231 e.